The van der Waals surface area contributed by atoms with Crippen molar-refractivity contribution in [2.45, 2.75) is 105 Å². The van der Waals surface area contributed by atoms with Gasteiger partial charge in [0.15, 0.2) is 0 Å². The van der Waals surface area contributed by atoms with Crippen LogP contribution in [0.1, 0.15) is 105 Å². The summed E-state index contributed by atoms with van der Waals surface area (Å²) in [5.74, 6) is 1.81. The summed E-state index contributed by atoms with van der Waals surface area (Å²) >= 11 is 0. The number of hydrogen-bond acceptors (Lipinski definition) is 3. The van der Waals surface area contributed by atoms with Crippen LogP contribution in [0.5, 0.6) is 11.5 Å². The summed E-state index contributed by atoms with van der Waals surface area (Å²) in [7, 11) is -12.2. The number of rotatable bonds is 14. The summed E-state index contributed by atoms with van der Waals surface area (Å²) in [5.41, 5.74) is 21.5. The Labute approximate surface area is 674 Å². The van der Waals surface area contributed by atoms with Crippen molar-refractivity contribution in [1.29, 1.82) is 0 Å². The fourth-order valence-corrected chi connectivity index (χ4v) is 18.5. The van der Waals surface area contributed by atoms with E-state index < -0.39 is 23.7 Å². The van der Waals surface area contributed by atoms with Gasteiger partial charge in [-0.05, 0) is 197 Å². The Hall–Kier alpha value is -10.1. The molecule has 3 nitrogen and oxygen atoms in total. The molecule has 0 unspecified atom stereocenters. The molecule has 0 amide bonds. The number of fused-ring (bicyclic) bond motifs is 3. The fraction of sp³-hybridized carbons (Fsp3) is 0.160. The van der Waals surface area contributed by atoms with Crippen molar-refractivity contribution in [3.05, 3.63) is 362 Å². The molecule has 2 heterocycles. The fourth-order valence-electron chi connectivity index (χ4n) is 13.8. The molecule has 0 saturated heterocycles. The first-order valence-corrected chi connectivity index (χ1v) is 42.4. The molecular weight excluding hydrogens is 1520 g/mol. The van der Waals surface area contributed by atoms with Crippen LogP contribution < -0.4 is 36.6 Å². The summed E-state index contributed by atoms with van der Waals surface area (Å²) in [6.07, 6.45) is 4.05. The minimum absolute atomic E-state index is 0. The van der Waals surface area contributed by atoms with Crippen LogP contribution in [0, 0.1) is 0 Å². The van der Waals surface area contributed by atoms with Crippen LogP contribution in [0.15, 0.2) is 340 Å². The number of ether oxygens (including phenoxy) is 1. The quantitative estimate of drug-likeness (QED) is 0.0471. The van der Waals surface area contributed by atoms with Crippen LogP contribution in [0.2, 0.25) is 0 Å². The van der Waals surface area contributed by atoms with Crippen molar-refractivity contribution < 1.29 is 47.0 Å². The van der Waals surface area contributed by atoms with Gasteiger partial charge in [0, 0.05) is 44.9 Å². The summed E-state index contributed by atoms with van der Waals surface area (Å²) in [5, 5.41) is 9.78. The van der Waals surface area contributed by atoms with Crippen LogP contribution >= 0.6 is 23.7 Å². The van der Waals surface area contributed by atoms with E-state index >= 15 is 0 Å². The molecule has 0 bridgehead atoms. The van der Waals surface area contributed by atoms with Crippen molar-refractivity contribution in [1.82, 2.24) is 9.97 Å². The molecule has 0 atom stereocenters. The Kier molecular flexibility index (Phi) is 23.9. The number of para-hydroxylation sites is 2. The van der Waals surface area contributed by atoms with Crippen molar-refractivity contribution in [3.8, 4) is 78.3 Å². The van der Waals surface area contributed by atoms with E-state index in [-0.39, 0.29) is 38.7 Å². The Morgan fingerprint density at radius 1 is 0.248 bits per heavy atom. The van der Waals surface area contributed by atoms with E-state index in [2.05, 4.69) is 411 Å². The van der Waals surface area contributed by atoms with Crippen molar-refractivity contribution in [2.75, 3.05) is 0 Å². The maximum Gasteiger partial charge on any atom is 1.00 e. The molecule has 0 fully saturated rings. The molecule has 0 aliphatic heterocycles. The third-order valence-electron chi connectivity index (χ3n) is 19.9. The standard InChI is InChI=1S/C64H64N2.C36H28OP2.Cu.F6P/c1-61(2,3)55-23-15-41(16-24-55)47-33-48(42-17-25-56(26-18-42)62(4,5)6)36-51(35-47)53-31-45-13-14-46-32-54(40-66-60(46)59(45)65-39-53)52-37-49(43-19-27-57(28-20-43)63(7,8)9)34-50(38-52)44-21-29-58(30-22-44)64(10,11)12;1-5-17-29(18-6-1)38(30-19-7-2-8-20-30)35-27-15-13-25-33(35)37-34-26-14-16-28-36(34)39(31-21-9-3-10-22-31)32-23-11-4-12-24-32;;1-7(2,3,4,5)6/h13-40H,1-12H3;1-28H;;/q;;+1;-1. The third kappa shape index (κ3) is 21.2. The molecule has 0 N–H and O–H groups in total. The summed E-state index contributed by atoms with van der Waals surface area (Å²) in [6, 6.07) is 119. The topological polar surface area (TPSA) is 35.0 Å². The first-order chi connectivity index (χ1) is 53.0. The number of aromatic nitrogens is 2. The third-order valence-corrected chi connectivity index (χ3v) is 24.8. The number of hydrogen-bond donors (Lipinski definition) is 0. The predicted molar refractivity (Wildman–Crippen MR) is 468 cm³/mol. The van der Waals surface area contributed by atoms with Gasteiger partial charge in [0.1, 0.15) is 11.5 Å². The van der Waals surface area contributed by atoms with E-state index in [9.17, 15) is 25.2 Å². The summed E-state index contributed by atoms with van der Waals surface area (Å²) in [6.45, 7) is 27.2. The minimum atomic E-state index is -10.7. The first-order valence-electron chi connectivity index (χ1n) is 37.7. The normalized spacial score (nSPS) is 12.6. The van der Waals surface area contributed by atoms with Crippen molar-refractivity contribution in [3.63, 3.8) is 0 Å². The average Bonchev–Trinajstić information content (AvgIpc) is 0.766. The largest absolute Gasteiger partial charge is 1.00 e. The van der Waals surface area contributed by atoms with Crippen molar-refractivity contribution in [2.24, 2.45) is 0 Å². The molecule has 13 heteroatoms. The predicted octanol–water partition coefficient (Wildman–Crippen LogP) is 28.4. The van der Waals surface area contributed by atoms with E-state index in [0.717, 1.165) is 55.6 Å². The van der Waals surface area contributed by atoms with Gasteiger partial charge in [-0.2, -0.15) is 0 Å². The van der Waals surface area contributed by atoms with E-state index in [1.54, 1.807) is 0 Å². The molecule has 0 saturated carbocycles. The van der Waals surface area contributed by atoms with E-state index in [4.69, 9.17) is 14.7 Å². The van der Waals surface area contributed by atoms with Gasteiger partial charge in [-0.15, -0.1) is 0 Å². The second kappa shape index (κ2) is 32.8. The molecule has 576 valence electrons. The minimum Gasteiger partial charge on any atom is -0.456 e. The maximum absolute atomic E-state index is 10.7. The van der Waals surface area contributed by atoms with Crippen LogP contribution in [0.3, 0.4) is 0 Å². The van der Waals surface area contributed by atoms with E-state index in [1.165, 1.54) is 98.6 Å². The van der Waals surface area contributed by atoms with Gasteiger partial charge < -0.3 is 4.74 Å². The van der Waals surface area contributed by atoms with E-state index in [1.807, 2.05) is 12.4 Å². The van der Waals surface area contributed by atoms with Crippen LogP contribution in [0.25, 0.3) is 88.6 Å². The number of halogens is 6. The van der Waals surface area contributed by atoms with Gasteiger partial charge in [0.05, 0.1) is 11.0 Å². The zero-order valence-electron chi connectivity index (χ0n) is 65.5. The van der Waals surface area contributed by atoms with Crippen LogP contribution in [-0.2, 0) is 38.7 Å². The molecule has 15 rings (SSSR count). The maximum atomic E-state index is 9.87. The number of benzene rings is 13. The molecule has 13 aromatic carbocycles. The van der Waals surface area contributed by atoms with Gasteiger partial charge in [-0.1, -0.05) is 350 Å². The molecule has 0 radical (unpaired) electrons. The van der Waals surface area contributed by atoms with Gasteiger partial charge in [-0.25, -0.2) is 0 Å². The molecule has 0 aliphatic carbocycles. The second-order valence-corrected chi connectivity index (χ2v) is 38.9. The molecule has 0 spiro atoms. The van der Waals surface area contributed by atoms with Gasteiger partial charge in [0.25, 0.3) is 0 Å². The number of nitrogens with zero attached hydrogens (tertiary/aromatic N) is 2. The monoisotopic (exact) mass is 1610 g/mol. The zero-order valence-corrected chi connectivity index (χ0v) is 69.2. The van der Waals surface area contributed by atoms with Gasteiger partial charge >= 0.3 is 50.1 Å². The molecule has 0 aliphatic rings. The Bertz CT molecular complexity index is 5210. The second-order valence-electron chi connectivity index (χ2n) is 32.6. The molecule has 113 heavy (non-hydrogen) atoms. The van der Waals surface area contributed by atoms with E-state index in [0.29, 0.717) is 0 Å². The van der Waals surface area contributed by atoms with Crippen molar-refractivity contribution >= 4 is 77.3 Å². The average molecular weight is 1610 g/mol. The molecule has 15 aromatic rings. The smallest absolute Gasteiger partial charge is 0.456 e. The van der Waals surface area contributed by atoms with Crippen LogP contribution in [-0.4, -0.2) is 9.97 Å². The van der Waals surface area contributed by atoms with Gasteiger partial charge in [0.2, 0.25) is 0 Å². The van der Waals surface area contributed by atoms with Gasteiger partial charge in [-0.3, -0.25) is 9.97 Å². The zero-order chi connectivity index (χ0) is 79.4. The van der Waals surface area contributed by atoms with Crippen LogP contribution in [0.4, 0.5) is 25.2 Å². The Balaban J connectivity index is 0.000000212. The summed E-state index contributed by atoms with van der Waals surface area (Å²) in [4.78, 5) is 10.3. The molecular formula is C100H92CuF6N2OP3. The summed E-state index contributed by atoms with van der Waals surface area (Å²) < 4.78 is 66.1. The first kappa shape index (κ1) is 82.3. The Morgan fingerprint density at radius 3 is 0.690 bits per heavy atom. The Morgan fingerprint density at radius 2 is 0.460 bits per heavy atom. The SMILES string of the molecule is CC(C)(C)c1ccc(-c2cc(-c3ccc(C(C)(C)C)cc3)cc(-c3cnc4c(ccc5cc(-c6cc(-c7ccc(C(C)(C)C)cc7)cc(-c7ccc(C(C)(C)C)cc7)c6)cnc54)c3)c2)cc1.F[P-](F)(F)(F)(F)F.[Cu+].c1ccc(P(c2ccccc2)c2ccccc2Oc2ccccc2P(c2ccccc2)c2ccccc2)cc1. The number of pyridine rings is 2. The molecule has 2 aromatic heterocycles.